The number of nitrogens with zero attached hydrogens (tertiary/aromatic N) is 2. The highest BCUT2D eigenvalue weighted by molar-refractivity contribution is 5.89. The predicted molar refractivity (Wildman–Crippen MR) is 100 cm³/mol. The first-order valence-corrected chi connectivity index (χ1v) is 10.2. The molecule has 0 aromatic rings. The van der Waals surface area contributed by atoms with E-state index < -0.39 is 0 Å². The number of carbonyl (C=O) groups excluding carboxylic acids is 2. The van der Waals surface area contributed by atoms with Crippen molar-refractivity contribution in [1.82, 2.24) is 20.4 Å². The molecule has 2 N–H and O–H groups in total. The first-order valence-electron chi connectivity index (χ1n) is 10.2. The fraction of sp³-hybridized carbons (Fsp3) is 0.800. The van der Waals surface area contributed by atoms with E-state index in [-0.39, 0.29) is 29.7 Å². The van der Waals surface area contributed by atoms with Crippen LogP contribution in [0.15, 0.2) is 12.7 Å². The molecule has 6 nitrogen and oxygen atoms in total. The highest BCUT2D eigenvalue weighted by Gasteiger charge is 2.54. The van der Waals surface area contributed by atoms with Crippen LogP contribution in [0.5, 0.6) is 0 Å². The summed E-state index contributed by atoms with van der Waals surface area (Å²) in [6.45, 7) is 8.39. The number of rotatable bonds is 5. The zero-order valence-electron chi connectivity index (χ0n) is 15.8. The average molecular weight is 361 g/mol. The van der Waals surface area contributed by atoms with Crippen molar-refractivity contribution in [2.75, 3.05) is 39.8 Å². The maximum atomic E-state index is 13.1. The van der Waals surface area contributed by atoms with Crippen LogP contribution in [0, 0.1) is 23.7 Å². The molecule has 4 fully saturated rings. The second-order valence-electron chi connectivity index (χ2n) is 8.77. The van der Waals surface area contributed by atoms with E-state index in [1.807, 2.05) is 0 Å². The molecule has 2 saturated carbocycles. The molecule has 0 aromatic carbocycles. The molecule has 6 atom stereocenters. The minimum absolute atomic E-state index is 0.0442. The number of nitrogens with one attached hydrogen (secondary N) is 2. The summed E-state index contributed by atoms with van der Waals surface area (Å²) in [7, 11) is 2.17. The third kappa shape index (κ3) is 3.29. The molecule has 0 spiro atoms. The molecule has 4 aliphatic rings. The van der Waals surface area contributed by atoms with E-state index in [1.54, 1.807) is 6.08 Å². The van der Waals surface area contributed by atoms with Gasteiger partial charge in [-0.1, -0.05) is 6.08 Å². The Morgan fingerprint density at radius 3 is 2.54 bits per heavy atom. The zero-order chi connectivity index (χ0) is 18.3. The van der Waals surface area contributed by atoms with Gasteiger partial charge in [-0.3, -0.25) is 14.5 Å². The summed E-state index contributed by atoms with van der Waals surface area (Å²) in [6, 6.07) is 0.792. The number of likely N-dealkylation sites (N-methyl/N-ethyl adjacent to an activating group) is 1. The van der Waals surface area contributed by atoms with E-state index in [4.69, 9.17) is 0 Å². The first kappa shape index (κ1) is 18.0. The molecule has 2 bridgehead atoms. The SMILES string of the molecule is C=CCNC(=O)[C@H]1C2CCC(C2)[C@H]1C(=O)N[C@H]1C[C@H]2CN(C)CCN2C1. The van der Waals surface area contributed by atoms with Crippen molar-refractivity contribution >= 4 is 11.8 Å². The quantitative estimate of drug-likeness (QED) is 0.699. The van der Waals surface area contributed by atoms with Crippen molar-refractivity contribution in [1.29, 1.82) is 0 Å². The number of piperazine rings is 1. The van der Waals surface area contributed by atoms with Crippen LogP contribution in [0.4, 0.5) is 0 Å². The zero-order valence-corrected chi connectivity index (χ0v) is 15.8. The minimum Gasteiger partial charge on any atom is -0.352 e. The second-order valence-corrected chi connectivity index (χ2v) is 8.77. The first-order chi connectivity index (χ1) is 12.6. The number of hydrogen-bond donors (Lipinski definition) is 2. The molecule has 2 unspecified atom stereocenters. The third-order valence-electron chi connectivity index (χ3n) is 7.11. The van der Waals surface area contributed by atoms with E-state index in [9.17, 15) is 9.59 Å². The van der Waals surface area contributed by atoms with Crippen molar-refractivity contribution in [2.24, 2.45) is 23.7 Å². The molecule has 26 heavy (non-hydrogen) atoms. The highest BCUT2D eigenvalue weighted by Crippen LogP contribution is 2.52. The van der Waals surface area contributed by atoms with Gasteiger partial charge in [0.05, 0.1) is 11.8 Å². The molecule has 4 rings (SSSR count). The lowest BCUT2D eigenvalue weighted by molar-refractivity contribution is -0.137. The van der Waals surface area contributed by atoms with Gasteiger partial charge in [0.1, 0.15) is 0 Å². The van der Waals surface area contributed by atoms with Crippen LogP contribution in [0.1, 0.15) is 25.7 Å². The highest BCUT2D eigenvalue weighted by atomic mass is 16.2. The van der Waals surface area contributed by atoms with Gasteiger partial charge >= 0.3 is 0 Å². The van der Waals surface area contributed by atoms with Gasteiger partial charge in [-0.15, -0.1) is 6.58 Å². The third-order valence-corrected chi connectivity index (χ3v) is 7.11. The van der Waals surface area contributed by atoms with Crippen molar-refractivity contribution < 1.29 is 9.59 Å². The number of fused-ring (bicyclic) bond motifs is 3. The molecule has 2 aliphatic carbocycles. The summed E-state index contributed by atoms with van der Waals surface area (Å²) < 4.78 is 0. The van der Waals surface area contributed by atoms with E-state index in [0.29, 0.717) is 24.4 Å². The van der Waals surface area contributed by atoms with Gasteiger partial charge in [0, 0.05) is 44.8 Å². The fourth-order valence-electron chi connectivity index (χ4n) is 5.94. The Morgan fingerprint density at radius 1 is 1.08 bits per heavy atom. The monoisotopic (exact) mass is 360 g/mol. The molecule has 2 saturated heterocycles. The van der Waals surface area contributed by atoms with Crippen molar-refractivity contribution in [3.8, 4) is 0 Å². The Hall–Kier alpha value is -1.40. The van der Waals surface area contributed by atoms with Gasteiger partial charge in [-0.05, 0) is 44.6 Å². The number of carbonyl (C=O) groups is 2. The van der Waals surface area contributed by atoms with E-state index >= 15 is 0 Å². The van der Waals surface area contributed by atoms with Crippen LogP contribution in [0.2, 0.25) is 0 Å². The van der Waals surface area contributed by atoms with Crippen LogP contribution >= 0.6 is 0 Å². The van der Waals surface area contributed by atoms with Crippen LogP contribution in [0.25, 0.3) is 0 Å². The lowest BCUT2D eigenvalue weighted by Gasteiger charge is -2.34. The maximum Gasteiger partial charge on any atom is 0.224 e. The molecule has 6 heteroatoms. The smallest absolute Gasteiger partial charge is 0.224 e. The van der Waals surface area contributed by atoms with E-state index in [0.717, 1.165) is 51.9 Å². The van der Waals surface area contributed by atoms with Gasteiger partial charge in [0.2, 0.25) is 11.8 Å². The molecule has 144 valence electrons. The van der Waals surface area contributed by atoms with Crippen molar-refractivity contribution in [2.45, 2.75) is 37.8 Å². The molecule has 0 aromatic heterocycles. The molecular weight excluding hydrogens is 328 g/mol. The lowest BCUT2D eigenvalue weighted by Crippen LogP contribution is -2.49. The molecule has 2 heterocycles. The van der Waals surface area contributed by atoms with Gasteiger partial charge < -0.3 is 15.5 Å². The molecular formula is C20H32N4O2. The summed E-state index contributed by atoms with van der Waals surface area (Å²) in [5.74, 6) is 0.637. The van der Waals surface area contributed by atoms with Crippen LogP contribution in [-0.2, 0) is 9.59 Å². The summed E-state index contributed by atoms with van der Waals surface area (Å²) >= 11 is 0. The Balaban J connectivity index is 1.39. The van der Waals surface area contributed by atoms with Gasteiger partial charge in [0.15, 0.2) is 0 Å². The minimum atomic E-state index is -0.149. The maximum absolute atomic E-state index is 13.1. The summed E-state index contributed by atoms with van der Waals surface area (Å²) in [6.07, 6.45) is 5.95. The molecule has 2 amide bonds. The topological polar surface area (TPSA) is 64.7 Å². The summed E-state index contributed by atoms with van der Waals surface area (Å²) in [5, 5.41) is 6.25. The van der Waals surface area contributed by atoms with Gasteiger partial charge in [-0.25, -0.2) is 0 Å². The van der Waals surface area contributed by atoms with Crippen LogP contribution in [-0.4, -0.2) is 73.5 Å². The van der Waals surface area contributed by atoms with Gasteiger partial charge in [-0.2, -0.15) is 0 Å². The standard InChI is InChI=1S/C20H32N4O2/c1-3-6-21-19(25)17-13-4-5-14(9-13)18(17)20(26)22-15-10-16-12-23(2)7-8-24(16)11-15/h3,13-18H,1,4-12H2,2H3,(H,21,25)(H,22,26)/t13?,14?,15-,16-,17-,18+/m0/s1. The Morgan fingerprint density at radius 2 is 1.81 bits per heavy atom. The normalized spacial score (nSPS) is 39.6. The van der Waals surface area contributed by atoms with Crippen molar-refractivity contribution in [3.05, 3.63) is 12.7 Å². The van der Waals surface area contributed by atoms with Crippen LogP contribution < -0.4 is 10.6 Å². The Labute approximate surface area is 156 Å². The average Bonchev–Trinajstić information content (AvgIpc) is 3.32. The largest absolute Gasteiger partial charge is 0.352 e. The lowest BCUT2D eigenvalue weighted by atomic mass is 9.78. The van der Waals surface area contributed by atoms with Gasteiger partial charge in [0.25, 0.3) is 0 Å². The Kier molecular flexibility index (Phi) is 5.06. The number of amides is 2. The van der Waals surface area contributed by atoms with E-state index in [2.05, 4.69) is 34.1 Å². The molecule has 0 radical (unpaired) electrons. The van der Waals surface area contributed by atoms with E-state index in [1.165, 1.54) is 0 Å². The number of hydrogen-bond acceptors (Lipinski definition) is 4. The van der Waals surface area contributed by atoms with Crippen molar-refractivity contribution in [3.63, 3.8) is 0 Å². The summed E-state index contributed by atoms with van der Waals surface area (Å²) in [4.78, 5) is 30.6. The predicted octanol–water partition coefficient (Wildman–Crippen LogP) is 0.455. The fourth-order valence-corrected chi connectivity index (χ4v) is 5.94. The summed E-state index contributed by atoms with van der Waals surface area (Å²) in [5.41, 5.74) is 0. The van der Waals surface area contributed by atoms with Crippen LogP contribution in [0.3, 0.4) is 0 Å². The second kappa shape index (κ2) is 7.31. The molecule has 2 aliphatic heterocycles. The Bertz CT molecular complexity index is 580.